The maximum atomic E-state index is 12.1. The van der Waals surface area contributed by atoms with E-state index in [0.717, 1.165) is 24.4 Å². The van der Waals surface area contributed by atoms with Gasteiger partial charge in [-0.25, -0.2) is 13.8 Å². The molecule has 0 saturated heterocycles. The van der Waals surface area contributed by atoms with Crippen LogP contribution in [0.4, 0.5) is 14.5 Å². The highest BCUT2D eigenvalue weighted by Crippen LogP contribution is 2.29. The molecule has 1 heterocycles. The van der Waals surface area contributed by atoms with Gasteiger partial charge in [0.1, 0.15) is 17.5 Å². The van der Waals surface area contributed by atoms with E-state index in [0.29, 0.717) is 28.2 Å². The van der Waals surface area contributed by atoms with Crippen LogP contribution >= 0.6 is 0 Å². The number of halogens is 2. The molecule has 0 aliphatic rings. The zero-order chi connectivity index (χ0) is 21.6. The fourth-order valence-corrected chi connectivity index (χ4v) is 2.40. The molecule has 3 aromatic rings. The van der Waals surface area contributed by atoms with Crippen LogP contribution in [0.5, 0.6) is 11.5 Å². The number of nitrogens with one attached hydrogen (secondary N) is 3. The number of nitrogens with zero attached hydrogens (tertiary/aromatic N) is 1. The first-order valence-electron chi connectivity index (χ1n) is 8.21. The number of hydrogen-bond donors (Lipinski definition) is 4. The number of fused-ring (bicyclic) bond motifs is 1. The molecule has 5 N–H and O–H groups in total. The zero-order valence-electron chi connectivity index (χ0n) is 15.7. The Morgan fingerprint density at radius 3 is 2.24 bits per heavy atom. The number of nitrogens with two attached hydrogens (primary N) is 1. The van der Waals surface area contributed by atoms with Gasteiger partial charge in [-0.05, 0) is 18.2 Å². The van der Waals surface area contributed by atoms with E-state index < -0.39 is 11.6 Å². The van der Waals surface area contributed by atoms with Crippen molar-refractivity contribution in [1.82, 2.24) is 9.97 Å². The summed E-state index contributed by atoms with van der Waals surface area (Å²) in [4.78, 5) is 18.9. The van der Waals surface area contributed by atoms with Crippen molar-refractivity contribution < 1.29 is 18.3 Å². The fourth-order valence-electron chi connectivity index (χ4n) is 2.40. The van der Waals surface area contributed by atoms with E-state index >= 15 is 0 Å². The van der Waals surface area contributed by atoms with Crippen molar-refractivity contribution in [3.8, 4) is 11.5 Å². The predicted octanol–water partition coefficient (Wildman–Crippen LogP) is 2.70. The van der Waals surface area contributed by atoms with Gasteiger partial charge in [0.2, 0.25) is 0 Å². The number of nitrogen functional groups attached to an aromatic ring is 1. The molecule has 0 radical (unpaired) electrons. The van der Waals surface area contributed by atoms with Gasteiger partial charge in [-0.2, -0.15) is 0 Å². The Morgan fingerprint density at radius 2 is 1.72 bits per heavy atom. The van der Waals surface area contributed by atoms with Gasteiger partial charge in [-0.1, -0.05) is 0 Å². The van der Waals surface area contributed by atoms with Crippen molar-refractivity contribution in [2.24, 2.45) is 0 Å². The number of methoxy groups -OCH3 is 2. The summed E-state index contributed by atoms with van der Waals surface area (Å²) in [5.41, 5.74) is 5.39. The lowest BCUT2D eigenvalue weighted by atomic mass is 10.2. The molecule has 0 spiro atoms. The Labute approximate surface area is 164 Å². The number of aromatic amines is 1. The summed E-state index contributed by atoms with van der Waals surface area (Å²) in [5.74, 6) is -0.0262. The van der Waals surface area contributed by atoms with Gasteiger partial charge in [-0.15, -0.1) is 0 Å². The van der Waals surface area contributed by atoms with E-state index in [1.165, 1.54) is 14.2 Å². The maximum absolute atomic E-state index is 12.1. The van der Waals surface area contributed by atoms with Gasteiger partial charge in [0.15, 0.2) is 11.5 Å². The van der Waals surface area contributed by atoms with Gasteiger partial charge in [0.25, 0.3) is 5.56 Å². The van der Waals surface area contributed by atoms with Crippen molar-refractivity contribution in [2.45, 2.75) is 6.42 Å². The van der Waals surface area contributed by atoms with Gasteiger partial charge in [0.05, 0.1) is 30.8 Å². The highest BCUT2D eigenvalue weighted by atomic mass is 19.1. The number of benzene rings is 2. The summed E-state index contributed by atoms with van der Waals surface area (Å²) in [7, 11) is 2.99. The molecule has 0 saturated carbocycles. The van der Waals surface area contributed by atoms with E-state index in [2.05, 4.69) is 9.97 Å². The van der Waals surface area contributed by atoms with Crippen LogP contribution in [0.3, 0.4) is 0 Å². The predicted molar refractivity (Wildman–Crippen MR) is 106 cm³/mol. The monoisotopic (exact) mass is 403 g/mol. The maximum Gasteiger partial charge on any atom is 0.258 e. The second-order valence-corrected chi connectivity index (χ2v) is 5.79. The smallest absolute Gasteiger partial charge is 0.258 e. The number of aromatic nitrogens is 2. The third-order valence-corrected chi connectivity index (χ3v) is 3.68. The number of hydrogen-bond acceptors (Lipinski definition) is 7. The molecular formula is C19H19F2N5O3. The van der Waals surface area contributed by atoms with Crippen molar-refractivity contribution in [3.05, 3.63) is 58.1 Å². The highest BCUT2D eigenvalue weighted by Gasteiger charge is 2.11. The largest absolute Gasteiger partial charge is 0.493 e. The Balaban J connectivity index is 0.000000278. The highest BCUT2D eigenvalue weighted by molar-refractivity contribution is 6.28. The molecule has 0 aliphatic heterocycles. The minimum atomic E-state index is -0.646. The molecule has 1 aromatic heterocycles. The van der Waals surface area contributed by atoms with Crippen molar-refractivity contribution in [3.63, 3.8) is 0 Å². The minimum absolute atomic E-state index is 0.0629. The molecule has 0 atom stereocenters. The quantitative estimate of drug-likeness (QED) is 0.383. The molecule has 0 unspecified atom stereocenters. The van der Waals surface area contributed by atoms with Crippen LogP contribution in [0.15, 0.2) is 35.1 Å². The van der Waals surface area contributed by atoms with Crippen LogP contribution in [-0.4, -0.2) is 36.1 Å². The number of H-pyrrole nitrogens is 1. The van der Waals surface area contributed by atoms with Gasteiger partial charge in [-0.3, -0.25) is 4.79 Å². The Kier molecular flexibility index (Phi) is 6.96. The number of anilines is 1. The first-order chi connectivity index (χ1) is 13.8. The summed E-state index contributed by atoms with van der Waals surface area (Å²) in [5, 5.41) is 14.8. The van der Waals surface area contributed by atoms with Gasteiger partial charge in [0, 0.05) is 30.5 Å². The van der Waals surface area contributed by atoms with Gasteiger partial charge < -0.3 is 31.0 Å². The number of rotatable bonds is 5. The summed E-state index contributed by atoms with van der Waals surface area (Å²) < 4.78 is 34.5. The molecule has 8 nitrogen and oxygen atoms in total. The molecule has 29 heavy (non-hydrogen) atoms. The third-order valence-electron chi connectivity index (χ3n) is 3.68. The lowest BCUT2D eigenvalue weighted by Crippen LogP contribution is -2.15. The van der Waals surface area contributed by atoms with E-state index in [9.17, 15) is 13.6 Å². The average molecular weight is 403 g/mol. The standard InChI is InChI=1S/C13H14N4O3.C6H5F2N/c1-19-10-4-8-9(5-11(10)20-2)16-12(17-13(8)18)3-7(15)6-14;7-4-1-5(8)3-6(9)2-4/h4-6,14-15H,3H2,1-2H3,(H,16,17,18);1-3H,9H2. The van der Waals surface area contributed by atoms with Crippen LogP contribution < -0.4 is 20.8 Å². The lowest BCUT2D eigenvalue weighted by molar-refractivity contribution is 0.355. The van der Waals surface area contributed by atoms with E-state index in [-0.39, 0.29) is 23.4 Å². The lowest BCUT2D eigenvalue weighted by Gasteiger charge is -2.09. The molecule has 0 bridgehead atoms. The van der Waals surface area contributed by atoms with Crippen LogP contribution in [-0.2, 0) is 6.42 Å². The Hall–Kier alpha value is -3.82. The van der Waals surface area contributed by atoms with Crippen LogP contribution in [0, 0.1) is 22.5 Å². The van der Waals surface area contributed by atoms with Crippen LogP contribution in [0.25, 0.3) is 10.9 Å². The van der Waals surface area contributed by atoms with Crippen LogP contribution in [0.1, 0.15) is 5.82 Å². The molecule has 0 aliphatic carbocycles. The van der Waals surface area contributed by atoms with E-state index in [4.69, 9.17) is 26.0 Å². The first kappa shape index (κ1) is 21.5. The molecule has 0 amide bonds. The summed E-state index contributed by atoms with van der Waals surface area (Å²) >= 11 is 0. The normalized spacial score (nSPS) is 10.1. The summed E-state index contributed by atoms with van der Waals surface area (Å²) in [6.07, 6.45) is 1.02. The minimum Gasteiger partial charge on any atom is -0.493 e. The third kappa shape index (κ3) is 5.58. The Bertz CT molecular complexity index is 1060. The molecule has 2 aromatic carbocycles. The average Bonchev–Trinajstić information content (AvgIpc) is 2.66. The second-order valence-electron chi connectivity index (χ2n) is 5.79. The summed E-state index contributed by atoms with van der Waals surface area (Å²) in [6.45, 7) is 0. The second kappa shape index (κ2) is 9.40. The topological polar surface area (TPSA) is 138 Å². The molecule has 0 fully saturated rings. The molecule has 3 rings (SSSR count). The van der Waals surface area contributed by atoms with Crippen molar-refractivity contribution in [2.75, 3.05) is 20.0 Å². The first-order valence-corrected chi connectivity index (χ1v) is 8.21. The Morgan fingerprint density at radius 1 is 1.14 bits per heavy atom. The van der Waals surface area contributed by atoms with Crippen molar-refractivity contribution in [1.29, 1.82) is 10.8 Å². The van der Waals surface area contributed by atoms with E-state index in [1.54, 1.807) is 12.1 Å². The molecule has 152 valence electrons. The van der Waals surface area contributed by atoms with E-state index in [1.807, 2.05) is 0 Å². The molecule has 10 heteroatoms. The van der Waals surface area contributed by atoms with Crippen molar-refractivity contribution >= 4 is 28.5 Å². The van der Waals surface area contributed by atoms with Gasteiger partial charge >= 0.3 is 0 Å². The van der Waals surface area contributed by atoms with Crippen LogP contribution in [0.2, 0.25) is 0 Å². The zero-order valence-corrected chi connectivity index (χ0v) is 15.7. The molecular weight excluding hydrogens is 384 g/mol. The summed E-state index contributed by atoms with van der Waals surface area (Å²) in [6, 6.07) is 6.06. The number of ether oxygens (including phenoxy) is 2. The fraction of sp³-hybridized carbons (Fsp3) is 0.158. The SMILES string of the molecule is COc1cc2nc(CC(=N)C=N)[nH]c(=O)c2cc1OC.Nc1cc(F)cc(F)c1.